The highest BCUT2D eigenvalue weighted by molar-refractivity contribution is 6.30. The van der Waals surface area contributed by atoms with Gasteiger partial charge in [0.05, 0.1) is 0 Å². The lowest BCUT2D eigenvalue weighted by Gasteiger charge is -1.90. The van der Waals surface area contributed by atoms with Gasteiger partial charge in [-0.2, -0.15) is 0 Å². The fourth-order valence-corrected chi connectivity index (χ4v) is 1.38. The number of halogens is 1. The van der Waals surface area contributed by atoms with Crippen molar-refractivity contribution in [1.29, 1.82) is 0 Å². The van der Waals surface area contributed by atoms with Crippen molar-refractivity contribution in [2.75, 3.05) is 6.54 Å². The highest BCUT2D eigenvalue weighted by Gasteiger charge is 2.04. The Balaban J connectivity index is 2.67. The lowest BCUT2D eigenvalue weighted by Crippen LogP contribution is -1.92. The van der Waals surface area contributed by atoms with Gasteiger partial charge in [-0.3, -0.25) is 0 Å². The second kappa shape index (κ2) is 5.83. The van der Waals surface area contributed by atoms with Crippen LogP contribution in [0.3, 0.4) is 0 Å². The number of aromatic amines is 1. The van der Waals surface area contributed by atoms with Gasteiger partial charge in [0.15, 0.2) is 0 Å². The van der Waals surface area contributed by atoms with Crippen molar-refractivity contribution in [2.24, 2.45) is 5.73 Å². The Morgan fingerprint density at radius 1 is 1.57 bits per heavy atom. The van der Waals surface area contributed by atoms with E-state index in [2.05, 4.69) is 16.9 Å². The van der Waals surface area contributed by atoms with Gasteiger partial charge in [-0.1, -0.05) is 31.0 Å². The van der Waals surface area contributed by atoms with Crippen molar-refractivity contribution < 1.29 is 0 Å². The smallest absolute Gasteiger partial charge is 0.133 e. The van der Waals surface area contributed by atoms with E-state index in [1.54, 1.807) is 0 Å². The molecule has 0 spiro atoms. The summed E-state index contributed by atoms with van der Waals surface area (Å²) in [5.41, 5.74) is 6.13. The van der Waals surface area contributed by atoms with Gasteiger partial charge in [0, 0.05) is 13.0 Å². The number of imidazole rings is 1. The molecule has 0 unspecified atom stereocenters. The van der Waals surface area contributed by atoms with E-state index in [0.717, 1.165) is 30.8 Å². The molecule has 3 N–H and O–H groups in total. The van der Waals surface area contributed by atoms with Crippen LogP contribution in [0.15, 0.2) is 6.08 Å². The van der Waals surface area contributed by atoms with Gasteiger partial charge in [-0.05, 0) is 12.5 Å². The van der Waals surface area contributed by atoms with Crippen LogP contribution < -0.4 is 5.73 Å². The molecule has 0 aromatic carbocycles. The number of aryl methyl sites for hydroxylation is 1. The molecule has 1 heterocycles. The summed E-state index contributed by atoms with van der Waals surface area (Å²) in [5.74, 6) is 0.952. The molecular weight excluding hydrogens is 198 g/mol. The summed E-state index contributed by atoms with van der Waals surface area (Å²) < 4.78 is 0. The molecule has 0 amide bonds. The molecule has 0 saturated carbocycles. The van der Waals surface area contributed by atoms with Gasteiger partial charge in [0.2, 0.25) is 0 Å². The summed E-state index contributed by atoms with van der Waals surface area (Å²) in [6.07, 6.45) is 6.92. The number of hydrogen-bond acceptors (Lipinski definition) is 2. The Labute approximate surface area is 89.4 Å². The van der Waals surface area contributed by atoms with Gasteiger partial charge in [-0.25, -0.2) is 4.98 Å². The van der Waals surface area contributed by atoms with Crippen molar-refractivity contribution in [2.45, 2.75) is 26.2 Å². The number of H-pyrrole nitrogens is 1. The monoisotopic (exact) mass is 213 g/mol. The highest BCUT2D eigenvalue weighted by Crippen LogP contribution is 2.15. The molecule has 0 aliphatic rings. The zero-order valence-electron chi connectivity index (χ0n) is 8.39. The number of aromatic nitrogens is 2. The minimum Gasteiger partial charge on any atom is -0.333 e. The first-order valence-electron chi connectivity index (χ1n) is 4.89. The lowest BCUT2D eigenvalue weighted by molar-refractivity contribution is 0.762. The fourth-order valence-electron chi connectivity index (χ4n) is 1.17. The maximum Gasteiger partial charge on any atom is 0.133 e. The van der Waals surface area contributed by atoms with Crippen LogP contribution in [0, 0.1) is 0 Å². The van der Waals surface area contributed by atoms with Crippen LogP contribution in [0.5, 0.6) is 0 Å². The minimum atomic E-state index is 0.507. The van der Waals surface area contributed by atoms with E-state index in [0.29, 0.717) is 11.7 Å². The molecule has 0 aliphatic carbocycles. The predicted molar refractivity (Wildman–Crippen MR) is 60.3 cm³/mol. The van der Waals surface area contributed by atoms with E-state index in [1.807, 2.05) is 12.2 Å². The second-order valence-electron chi connectivity index (χ2n) is 3.12. The third-order valence-corrected chi connectivity index (χ3v) is 2.20. The minimum absolute atomic E-state index is 0.507. The molecule has 1 rings (SSSR count). The van der Waals surface area contributed by atoms with E-state index in [1.165, 1.54) is 0 Å². The zero-order chi connectivity index (χ0) is 10.4. The average molecular weight is 214 g/mol. The third kappa shape index (κ3) is 3.16. The van der Waals surface area contributed by atoms with Gasteiger partial charge < -0.3 is 10.7 Å². The molecule has 3 nitrogen and oxygen atoms in total. The zero-order valence-corrected chi connectivity index (χ0v) is 9.14. The molecule has 0 fully saturated rings. The maximum absolute atomic E-state index is 5.95. The van der Waals surface area contributed by atoms with Crippen LogP contribution in [-0.4, -0.2) is 16.5 Å². The topological polar surface area (TPSA) is 54.7 Å². The van der Waals surface area contributed by atoms with E-state index >= 15 is 0 Å². The van der Waals surface area contributed by atoms with Gasteiger partial charge in [0.25, 0.3) is 0 Å². The van der Waals surface area contributed by atoms with Crippen LogP contribution in [0.4, 0.5) is 0 Å². The van der Waals surface area contributed by atoms with E-state index in [-0.39, 0.29) is 0 Å². The summed E-state index contributed by atoms with van der Waals surface area (Å²) in [5, 5.41) is 0.598. The molecule has 0 bridgehead atoms. The Bertz CT molecular complexity index is 304. The van der Waals surface area contributed by atoms with E-state index in [9.17, 15) is 0 Å². The van der Waals surface area contributed by atoms with Crippen LogP contribution in [0.1, 0.15) is 31.3 Å². The van der Waals surface area contributed by atoms with Crippen molar-refractivity contribution >= 4 is 17.7 Å². The van der Waals surface area contributed by atoms with Crippen molar-refractivity contribution in [3.05, 3.63) is 22.7 Å². The molecule has 1 aromatic rings. The molecule has 14 heavy (non-hydrogen) atoms. The molecule has 0 radical (unpaired) electrons. The maximum atomic E-state index is 5.95. The number of nitrogens with two attached hydrogens (primary N) is 1. The van der Waals surface area contributed by atoms with Crippen LogP contribution in [0.25, 0.3) is 6.08 Å². The molecule has 4 heteroatoms. The fraction of sp³-hybridized carbons (Fsp3) is 0.500. The molecular formula is C10H16ClN3. The summed E-state index contributed by atoms with van der Waals surface area (Å²) >= 11 is 5.95. The first-order valence-corrected chi connectivity index (χ1v) is 5.26. The Morgan fingerprint density at radius 2 is 2.36 bits per heavy atom. The van der Waals surface area contributed by atoms with Crippen LogP contribution in [-0.2, 0) is 6.42 Å². The van der Waals surface area contributed by atoms with Crippen molar-refractivity contribution in [1.82, 2.24) is 9.97 Å². The van der Waals surface area contributed by atoms with Gasteiger partial charge in [-0.15, -0.1) is 0 Å². The molecule has 0 atom stereocenters. The number of rotatable bonds is 5. The molecule has 78 valence electrons. The highest BCUT2D eigenvalue weighted by atomic mass is 35.5. The number of nitrogens with one attached hydrogen (secondary N) is 1. The van der Waals surface area contributed by atoms with Gasteiger partial charge >= 0.3 is 0 Å². The van der Waals surface area contributed by atoms with E-state index < -0.39 is 0 Å². The second-order valence-corrected chi connectivity index (χ2v) is 3.50. The Morgan fingerprint density at radius 3 is 3.00 bits per heavy atom. The van der Waals surface area contributed by atoms with Crippen molar-refractivity contribution in [3.8, 4) is 0 Å². The number of nitrogens with zero attached hydrogens (tertiary/aromatic N) is 1. The van der Waals surface area contributed by atoms with Crippen molar-refractivity contribution in [3.63, 3.8) is 0 Å². The predicted octanol–water partition coefficient (Wildman–Crippen LogP) is 2.38. The van der Waals surface area contributed by atoms with Gasteiger partial charge in [0.1, 0.15) is 16.7 Å². The molecule has 0 saturated heterocycles. The third-order valence-electron chi connectivity index (χ3n) is 1.91. The summed E-state index contributed by atoms with van der Waals surface area (Å²) in [6.45, 7) is 2.66. The van der Waals surface area contributed by atoms with E-state index in [4.69, 9.17) is 17.3 Å². The first-order chi connectivity index (χ1) is 6.77. The summed E-state index contributed by atoms with van der Waals surface area (Å²) in [7, 11) is 0. The Kier molecular flexibility index (Phi) is 4.70. The van der Waals surface area contributed by atoms with Crippen LogP contribution in [0.2, 0.25) is 5.15 Å². The largest absolute Gasteiger partial charge is 0.333 e. The number of hydrogen-bond donors (Lipinski definition) is 2. The average Bonchev–Trinajstić information content (AvgIpc) is 2.53. The lowest BCUT2D eigenvalue weighted by atomic mass is 10.2. The quantitative estimate of drug-likeness (QED) is 0.789. The molecule has 1 aromatic heterocycles. The first kappa shape index (κ1) is 11.3. The number of unbranched alkanes of at least 4 members (excludes halogenated alkanes) is 1. The SMILES string of the molecule is CCCCc1nc(C=CCN)c(Cl)[nH]1. The van der Waals surface area contributed by atoms with Crippen LogP contribution >= 0.6 is 11.6 Å². The normalized spacial score (nSPS) is 11.4. The Hall–Kier alpha value is -0.800. The standard InChI is InChI=1S/C10H16ClN3/c1-2-3-6-9-13-8(5-4-7-12)10(11)14-9/h4-5H,2-3,6-7,12H2,1H3,(H,13,14). The summed E-state index contributed by atoms with van der Waals surface area (Å²) in [4.78, 5) is 7.41. The summed E-state index contributed by atoms with van der Waals surface area (Å²) in [6, 6.07) is 0. The molecule has 0 aliphatic heterocycles.